The van der Waals surface area contributed by atoms with Crippen molar-refractivity contribution in [3.05, 3.63) is 52.4 Å². The van der Waals surface area contributed by atoms with Crippen molar-refractivity contribution < 1.29 is 23.9 Å². The summed E-state index contributed by atoms with van der Waals surface area (Å²) in [4.78, 5) is 47.1. The number of nitrogens with one attached hydrogen (secondary N) is 2. The summed E-state index contributed by atoms with van der Waals surface area (Å²) in [7, 11) is 1.52. The van der Waals surface area contributed by atoms with Crippen LogP contribution in [0.2, 0.25) is 0 Å². The maximum absolute atomic E-state index is 12.0. The molecule has 0 saturated heterocycles. The third-order valence-electron chi connectivity index (χ3n) is 3.45. The largest absolute Gasteiger partial charge is 0.497 e. The van der Waals surface area contributed by atoms with Gasteiger partial charge < -0.3 is 14.8 Å². The maximum Gasteiger partial charge on any atom is 0.359 e. The minimum absolute atomic E-state index is 0.108. The van der Waals surface area contributed by atoms with Crippen LogP contribution >= 0.6 is 0 Å². The van der Waals surface area contributed by atoms with Crippen LogP contribution in [0.15, 0.2) is 41.2 Å². The number of benzene rings is 1. The second-order valence-electron chi connectivity index (χ2n) is 5.59. The third-order valence-corrected chi connectivity index (χ3v) is 3.45. The number of rotatable bonds is 7. The van der Waals surface area contributed by atoms with E-state index in [1.54, 1.807) is 24.3 Å². The summed E-state index contributed by atoms with van der Waals surface area (Å²) >= 11 is 0. The normalized spacial score (nSPS) is 10.1. The Kier molecular flexibility index (Phi) is 7.26. The first-order chi connectivity index (χ1) is 13.4. The van der Waals surface area contributed by atoms with Crippen LogP contribution in [0.5, 0.6) is 5.75 Å². The fourth-order valence-electron chi connectivity index (χ4n) is 2.13. The average molecular weight is 388 g/mol. The highest BCUT2D eigenvalue weighted by Gasteiger charge is 2.15. The van der Waals surface area contributed by atoms with Gasteiger partial charge >= 0.3 is 12.0 Å². The van der Waals surface area contributed by atoms with E-state index in [2.05, 4.69) is 10.4 Å². The van der Waals surface area contributed by atoms with E-state index in [0.717, 1.165) is 4.68 Å². The molecule has 10 heteroatoms. The van der Waals surface area contributed by atoms with Crippen molar-refractivity contribution in [1.82, 2.24) is 15.1 Å². The fourth-order valence-corrected chi connectivity index (χ4v) is 2.13. The van der Waals surface area contributed by atoms with E-state index in [9.17, 15) is 19.2 Å². The molecule has 1 aromatic carbocycles. The predicted octanol–water partition coefficient (Wildman–Crippen LogP) is 1.17. The Morgan fingerprint density at radius 1 is 1.11 bits per heavy atom. The number of carbonyl (C=O) groups is 3. The molecular formula is C18H20N4O6. The van der Waals surface area contributed by atoms with Crippen LogP contribution in [0.25, 0.3) is 0 Å². The van der Waals surface area contributed by atoms with Gasteiger partial charge in [0.05, 0.1) is 7.11 Å². The monoisotopic (exact) mass is 388 g/mol. The molecule has 3 amide bonds. The molecule has 0 aliphatic heterocycles. The molecule has 2 N–H and O–H groups in total. The molecule has 28 heavy (non-hydrogen) atoms. The second kappa shape index (κ2) is 9.86. The topological polar surface area (TPSA) is 129 Å². The molecule has 1 heterocycles. The van der Waals surface area contributed by atoms with E-state index in [4.69, 9.17) is 9.47 Å². The van der Waals surface area contributed by atoms with Crippen molar-refractivity contribution in [3.8, 4) is 5.75 Å². The molecule has 2 rings (SSSR count). The minimum atomic E-state index is -0.879. The van der Waals surface area contributed by atoms with Crippen molar-refractivity contribution >= 4 is 23.6 Å². The van der Waals surface area contributed by atoms with Gasteiger partial charge in [-0.2, -0.15) is 5.10 Å². The van der Waals surface area contributed by atoms with E-state index in [1.165, 1.54) is 19.2 Å². The number of anilines is 1. The maximum atomic E-state index is 12.0. The molecule has 0 radical (unpaired) electrons. The van der Waals surface area contributed by atoms with E-state index >= 15 is 0 Å². The number of hydrogen-bond donors (Lipinski definition) is 2. The Morgan fingerprint density at radius 2 is 1.82 bits per heavy atom. The van der Waals surface area contributed by atoms with Crippen LogP contribution in [-0.2, 0) is 16.1 Å². The highest BCUT2D eigenvalue weighted by Crippen LogP contribution is 2.14. The number of urea groups is 1. The molecule has 0 aliphatic rings. The number of ether oxygens (including phenoxy) is 2. The summed E-state index contributed by atoms with van der Waals surface area (Å²) in [6.45, 7) is 1.54. The average Bonchev–Trinajstić information content (AvgIpc) is 2.68. The summed E-state index contributed by atoms with van der Waals surface area (Å²) in [5.41, 5.74) is 0.000330. The van der Waals surface area contributed by atoms with Crippen molar-refractivity contribution in [3.63, 3.8) is 0 Å². The molecule has 0 unspecified atom stereocenters. The number of aryl methyl sites for hydroxylation is 1. The zero-order valence-corrected chi connectivity index (χ0v) is 15.4. The number of hydrogen-bond acceptors (Lipinski definition) is 7. The SMILES string of the molecule is CCCn1nc(C(=O)OCC(=O)NC(=O)Nc2ccc(OC)cc2)ccc1=O. The lowest BCUT2D eigenvalue weighted by molar-refractivity contribution is -0.123. The first kappa shape index (κ1) is 20.6. The number of imide groups is 1. The lowest BCUT2D eigenvalue weighted by atomic mass is 10.3. The minimum Gasteiger partial charge on any atom is -0.497 e. The predicted molar refractivity (Wildman–Crippen MR) is 99.2 cm³/mol. The van der Waals surface area contributed by atoms with Crippen LogP contribution in [-0.4, -0.2) is 41.4 Å². The molecule has 0 atom stereocenters. The van der Waals surface area contributed by atoms with Crippen molar-refractivity contribution in [2.75, 3.05) is 19.0 Å². The second-order valence-corrected chi connectivity index (χ2v) is 5.59. The molecule has 2 aromatic rings. The number of methoxy groups -OCH3 is 1. The summed E-state index contributed by atoms with van der Waals surface area (Å²) in [6.07, 6.45) is 0.664. The smallest absolute Gasteiger partial charge is 0.359 e. The number of carbonyl (C=O) groups excluding carboxylic acids is 3. The molecule has 0 saturated carbocycles. The molecule has 0 fully saturated rings. The van der Waals surface area contributed by atoms with Gasteiger partial charge in [-0.25, -0.2) is 14.3 Å². The number of amides is 3. The summed E-state index contributed by atoms with van der Waals surface area (Å²) in [5, 5.41) is 8.36. The molecule has 10 nitrogen and oxygen atoms in total. The van der Waals surface area contributed by atoms with Gasteiger partial charge in [-0.1, -0.05) is 6.92 Å². The van der Waals surface area contributed by atoms with Gasteiger partial charge in [0.2, 0.25) is 0 Å². The van der Waals surface area contributed by atoms with Crippen LogP contribution in [0, 0.1) is 0 Å². The molecular weight excluding hydrogens is 368 g/mol. The number of nitrogens with zero attached hydrogens (tertiary/aromatic N) is 2. The van der Waals surface area contributed by atoms with Gasteiger partial charge in [0.25, 0.3) is 11.5 Å². The van der Waals surface area contributed by atoms with E-state index in [-0.39, 0.29) is 11.3 Å². The molecule has 0 spiro atoms. The van der Waals surface area contributed by atoms with Gasteiger partial charge in [-0.3, -0.25) is 14.9 Å². The van der Waals surface area contributed by atoms with Crippen LogP contribution in [0.1, 0.15) is 23.8 Å². The lowest BCUT2D eigenvalue weighted by Gasteiger charge is -2.08. The molecule has 148 valence electrons. The third kappa shape index (κ3) is 5.94. The zero-order valence-electron chi connectivity index (χ0n) is 15.4. The van der Waals surface area contributed by atoms with Gasteiger partial charge in [0, 0.05) is 18.3 Å². The van der Waals surface area contributed by atoms with Crippen LogP contribution in [0.3, 0.4) is 0 Å². The Morgan fingerprint density at radius 3 is 2.46 bits per heavy atom. The first-order valence-electron chi connectivity index (χ1n) is 8.43. The van der Waals surface area contributed by atoms with Crippen LogP contribution in [0.4, 0.5) is 10.5 Å². The quantitative estimate of drug-likeness (QED) is 0.681. The Balaban J connectivity index is 1.84. The Hall–Kier alpha value is -3.69. The van der Waals surface area contributed by atoms with Crippen molar-refractivity contribution in [1.29, 1.82) is 0 Å². The highest BCUT2D eigenvalue weighted by molar-refractivity contribution is 6.02. The lowest BCUT2D eigenvalue weighted by Crippen LogP contribution is -2.37. The van der Waals surface area contributed by atoms with E-state index < -0.39 is 24.5 Å². The summed E-state index contributed by atoms with van der Waals surface area (Å²) < 4.78 is 11.0. The van der Waals surface area contributed by atoms with Gasteiger partial charge in [0.15, 0.2) is 12.3 Å². The van der Waals surface area contributed by atoms with Gasteiger partial charge in [0.1, 0.15) is 5.75 Å². The fraction of sp³-hybridized carbons (Fsp3) is 0.278. The molecule has 1 aromatic heterocycles. The van der Waals surface area contributed by atoms with Gasteiger partial charge in [-0.05, 0) is 36.8 Å². The number of aromatic nitrogens is 2. The van der Waals surface area contributed by atoms with E-state index in [1.807, 2.05) is 12.2 Å². The Labute approximate surface area is 160 Å². The summed E-state index contributed by atoms with van der Waals surface area (Å²) in [5.74, 6) is -1.08. The molecule has 0 aliphatic carbocycles. The van der Waals surface area contributed by atoms with Crippen molar-refractivity contribution in [2.45, 2.75) is 19.9 Å². The summed E-state index contributed by atoms with van der Waals surface area (Å²) in [6, 6.07) is 8.11. The highest BCUT2D eigenvalue weighted by atomic mass is 16.5. The van der Waals surface area contributed by atoms with Crippen molar-refractivity contribution in [2.24, 2.45) is 0 Å². The van der Waals surface area contributed by atoms with E-state index in [0.29, 0.717) is 24.4 Å². The van der Waals surface area contributed by atoms with Gasteiger partial charge in [-0.15, -0.1) is 0 Å². The Bertz CT molecular complexity index is 907. The van der Waals surface area contributed by atoms with Crippen LogP contribution < -0.4 is 20.9 Å². The molecule has 0 bridgehead atoms. The zero-order chi connectivity index (χ0) is 20.5. The first-order valence-corrected chi connectivity index (χ1v) is 8.43. The number of esters is 1. The standard InChI is InChI=1S/C18H20N4O6/c1-3-10-22-16(24)9-8-14(21-22)17(25)28-11-15(23)20-18(26)19-12-4-6-13(27-2)7-5-12/h4-9H,3,10-11H2,1-2H3,(H2,19,20,23,26).